The molecule has 2 fully saturated rings. The molecule has 1 aromatic carbocycles. The molecule has 1 unspecified atom stereocenters. The van der Waals surface area contributed by atoms with Crippen LogP contribution in [-0.4, -0.2) is 40.6 Å². The van der Waals surface area contributed by atoms with Crippen LogP contribution in [0.4, 0.5) is 13.6 Å². The quantitative estimate of drug-likeness (QED) is 0.914. The number of benzene rings is 1. The number of alkyl halides is 2. The average molecular weight is 341 g/mol. The molecule has 2 bridgehead atoms. The van der Waals surface area contributed by atoms with Crippen LogP contribution in [-0.2, 0) is 11.3 Å². The summed E-state index contributed by atoms with van der Waals surface area (Å²) in [7, 11) is 0. The van der Waals surface area contributed by atoms with Gasteiger partial charge in [0.25, 0.3) is 0 Å². The van der Waals surface area contributed by atoms with E-state index >= 15 is 0 Å². The van der Waals surface area contributed by atoms with Gasteiger partial charge in [-0.1, -0.05) is 6.07 Å². The molecule has 8 heteroatoms. The molecule has 1 amide bonds. The van der Waals surface area contributed by atoms with Crippen molar-refractivity contribution in [1.29, 1.82) is 0 Å². The predicted octanol–water partition coefficient (Wildman–Crippen LogP) is 3.20. The van der Waals surface area contributed by atoms with E-state index in [1.807, 2.05) is 0 Å². The third-order valence-electron chi connectivity index (χ3n) is 4.86. The smallest absolute Gasteiger partial charge is 0.465 e. The fraction of sp³-hybridized carbons (Fsp3) is 0.562. The minimum atomic E-state index is -3.62. The summed E-state index contributed by atoms with van der Waals surface area (Å²) in [6.45, 7) is 0.263. The van der Waals surface area contributed by atoms with Gasteiger partial charge in [-0.3, -0.25) is 0 Å². The summed E-state index contributed by atoms with van der Waals surface area (Å²) in [5.74, 6) is 0.0124. The van der Waals surface area contributed by atoms with Gasteiger partial charge >= 0.3 is 12.4 Å². The largest absolute Gasteiger partial charge is 0.586 e. The highest BCUT2D eigenvalue weighted by molar-refractivity contribution is 5.66. The molecule has 2 saturated heterocycles. The Morgan fingerprint density at radius 3 is 2.58 bits per heavy atom. The molecule has 0 saturated carbocycles. The third-order valence-corrected chi connectivity index (χ3v) is 4.86. The van der Waals surface area contributed by atoms with Crippen molar-refractivity contribution in [3.8, 4) is 11.5 Å². The van der Waals surface area contributed by atoms with Gasteiger partial charge in [-0.15, -0.1) is 8.78 Å². The molecule has 4 rings (SSSR count). The first-order chi connectivity index (χ1) is 11.4. The van der Waals surface area contributed by atoms with Crippen molar-refractivity contribution >= 4 is 6.09 Å². The molecular formula is C16H17F2NO5. The number of nitrogens with zero attached hydrogens (tertiary/aromatic N) is 1. The molecule has 0 spiro atoms. The first-order valence-corrected chi connectivity index (χ1v) is 7.93. The van der Waals surface area contributed by atoms with Gasteiger partial charge in [-0.05, 0) is 43.4 Å². The lowest BCUT2D eigenvalue weighted by atomic mass is 10.0. The van der Waals surface area contributed by atoms with Crippen LogP contribution in [0.1, 0.15) is 31.2 Å². The lowest BCUT2D eigenvalue weighted by molar-refractivity contribution is -0.286. The van der Waals surface area contributed by atoms with Crippen LogP contribution in [0.5, 0.6) is 11.5 Å². The summed E-state index contributed by atoms with van der Waals surface area (Å²) < 4.78 is 40.7. The molecule has 0 aromatic heterocycles. The van der Waals surface area contributed by atoms with Crippen LogP contribution >= 0.6 is 0 Å². The Morgan fingerprint density at radius 2 is 1.92 bits per heavy atom. The highest BCUT2D eigenvalue weighted by Crippen LogP contribution is 2.42. The van der Waals surface area contributed by atoms with Gasteiger partial charge in [0.2, 0.25) is 0 Å². The zero-order chi connectivity index (χ0) is 16.9. The second-order valence-electron chi connectivity index (χ2n) is 6.43. The summed E-state index contributed by atoms with van der Waals surface area (Å²) in [5, 5.41) is 9.24. The van der Waals surface area contributed by atoms with Gasteiger partial charge in [0.05, 0.1) is 12.7 Å². The van der Waals surface area contributed by atoms with E-state index in [9.17, 15) is 18.7 Å². The summed E-state index contributed by atoms with van der Waals surface area (Å²) in [6, 6.07) is 4.61. The Bertz CT molecular complexity index is 654. The number of halogens is 2. The highest BCUT2D eigenvalue weighted by atomic mass is 19.3. The predicted molar refractivity (Wildman–Crippen MR) is 77.1 cm³/mol. The second-order valence-corrected chi connectivity index (χ2v) is 6.43. The zero-order valence-electron chi connectivity index (χ0n) is 12.8. The summed E-state index contributed by atoms with van der Waals surface area (Å²) in [5.41, 5.74) is 0.711. The number of ether oxygens (including phenoxy) is 3. The molecule has 6 nitrogen and oxygen atoms in total. The topological polar surface area (TPSA) is 68.2 Å². The SMILES string of the molecule is O=C(O)N1[C@@H]2CC[C@H]1CC(OCc1ccc3c(c1)OC(F)(F)O3)C2. The summed E-state index contributed by atoms with van der Waals surface area (Å²) in [4.78, 5) is 12.8. The van der Waals surface area contributed by atoms with Crippen molar-refractivity contribution in [3.63, 3.8) is 0 Å². The Balaban J connectivity index is 1.37. The van der Waals surface area contributed by atoms with E-state index in [2.05, 4.69) is 9.47 Å². The van der Waals surface area contributed by atoms with Gasteiger partial charge in [0.15, 0.2) is 11.5 Å². The second kappa shape index (κ2) is 5.47. The molecule has 3 atom stereocenters. The van der Waals surface area contributed by atoms with Crippen molar-refractivity contribution in [2.24, 2.45) is 0 Å². The number of rotatable bonds is 3. The number of hydrogen-bond acceptors (Lipinski definition) is 4. The van der Waals surface area contributed by atoms with Crippen molar-refractivity contribution in [2.75, 3.05) is 0 Å². The van der Waals surface area contributed by atoms with E-state index < -0.39 is 12.4 Å². The minimum absolute atomic E-state index is 0.00173. The van der Waals surface area contributed by atoms with Gasteiger partial charge in [0, 0.05) is 12.1 Å². The summed E-state index contributed by atoms with van der Waals surface area (Å²) in [6.07, 6.45) is -1.42. The monoisotopic (exact) mass is 341 g/mol. The maximum Gasteiger partial charge on any atom is 0.586 e. The number of carboxylic acid groups (broad SMARTS) is 1. The van der Waals surface area contributed by atoms with Crippen LogP contribution in [0, 0.1) is 0 Å². The van der Waals surface area contributed by atoms with E-state index in [4.69, 9.17) is 4.74 Å². The normalized spacial score (nSPS) is 29.8. The zero-order valence-corrected chi connectivity index (χ0v) is 12.8. The first-order valence-electron chi connectivity index (χ1n) is 7.93. The lowest BCUT2D eigenvalue weighted by Crippen LogP contribution is -2.47. The van der Waals surface area contributed by atoms with Gasteiger partial charge in [-0.2, -0.15) is 0 Å². The van der Waals surface area contributed by atoms with Crippen LogP contribution < -0.4 is 9.47 Å². The molecule has 24 heavy (non-hydrogen) atoms. The Labute approximate surface area is 136 Å². The van der Waals surface area contributed by atoms with Crippen molar-refractivity contribution in [2.45, 2.75) is 56.8 Å². The van der Waals surface area contributed by atoms with Crippen LogP contribution in [0.2, 0.25) is 0 Å². The molecule has 0 radical (unpaired) electrons. The van der Waals surface area contributed by atoms with Crippen molar-refractivity contribution < 1.29 is 32.9 Å². The maximum absolute atomic E-state index is 13.0. The van der Waals surface area contributed by atoms with Crippen LogP contribution in [0.25, 0.3) is 0 Å². The first kappa shape index (κ1) is 15.4. The number of fused-ring (bicyclic) bond motifs is 3. The van der Waals surface area contributed by atoms with E-state index in [1.54, 1.807) is 11.0 Å². The lowest BCUT2D eigenvalue weighted by Gasteiger charge is -2.36. The molecule has 0 aliphatic carbocycles. The highest BCUT2D eigenvalue weighted by Gasteiger charge is 2.44. The van der Waals surface area contributed by atoms with Gasteiger partial charge < -0.3 is 24.2 Å². The molecule has 3 aliphatic heterocycles. The average Bonchev–Trinajstić information content (AvgIpc) is 2.96. The van der Waals surface area contributed by atoms with E-state index in [1.165, 1.54) is 12.1 Å². The Morgan fingerprint density at radius 1 is 1.25 bits per heavy atom. The molecule has 1 aromatic rings. The number of piperidine rings is 1. The fourth-order valence-corrected chi connectivity index (χ4v) is 3.87. The minimum Gasteiger partial charge on any atom is -0.465 e. The van der Waals surface area contributed by atoms with E-state index in [0.717, 1.165) is 12.8 Å². The number of carbonyl (C=O) groups is 1. The van der Waals surface area contributed by atoms with E-state index in [0.29, 0.717) is 18.4 Å². The van der Waals surface area contributed by atoms with E-state index in [-0.39, 0.29) is 36.3 Å². The maximum atomic E-state index is 13.0. The molecule has 3 heterocycles. The molecular weight excluding hydrogens is 324 g/mol. The molecule has 1 N–H and O–H groups in total. The van der Waals surface area contributed by atoms with Crippen molar-refractivity contribution in [3.05, 3.63) is 23.8 Å². The Hall–Kier alpha value is -2.09. The van der Waals surface area contributed by atoms with Crippen LogP contribution in [0.15, 0.2) is 18.2 Å². The molecule has 3 aliphatic rings. The number of amides is 1. The summed E-state index contributed by atoms with van der Waals surface area (Å²) >= 11 is 0. The van der Waals surface area contributed by atoms with Gasteiger partial charge in [0.1, 0.15) is 0 Å². The standard InChI is InChI=1S/C16H17F2NO5/c17-16(18)23-13-4-1-9(5-14(13)24-16)8-22-12-6-10-2-3-11(7-12)19(10)15(20)21/h1,4-5,10-12H,2-3,6-8H2,(H,20,21)/t10-,11+,12?. The Kier molecular flexibility index (Phi) is 3.52. The van der Waals surface area contributed by atoms with Gasteiger partial charge in [-0.25, -0.2) is 4.79 Å². The molecule has 130 valence electrons. The van der Waals surface area contributed by atoms with Crippen molar-refractivity contribution in [1.82, 2.24) is 4.90 Å². The third kappa shape index (κ3) is 2.75. The number of hydrogen-bond donors (Lipinski definition) is 1. The fourth-order valence-electron chi connectivity index (χ4n) is 3.87. The van der Waals surface area contributed by atoms with Crippen LogP contribution in [0.3, 0.4) is 0 Å².